The Morgan fingerprint density at radius 2 is 1.81 bits per heavy atom. The molecule has 2 aliphatic carbocycles. The highest BCUT2D eigenvalue weighted by Gasteiger charge is 2.44. The maximum atomic E-state index is 6.49. The van der Waals surface area contributed by atoms with Crippen LogP contribution in [0.3, 0.4) is 0 Å². The van der Waals surface area contributed by atoms with Crippen LogP contribution >= 0.6 is 0 Å². The average molecular weight is 297 g/mol. The summed E-state index contributed by atoms with van der Waals surface area (Å²) in [5.41, 5.74) is 0. The summed E-state index contributed by atoms with van der Waals surface area (Å²) in [6, 6.07) is 0.505. The Morgan fingerprint density at radius 3 is 2.52 bits per heavy atom. The Balaban J connectivity index is 1.83. The zero-order chi connectivity index (χ0) is 15.1. The third-order valence-corrected chi connectivity index (χ3v) is 5.13. The highest BCUT2D eigenvalue weighted by molar-refractivity contribution is 4.98. The van der Waals surface area contributed by atoms with E-state index in [4.69, 9.17) is 9.47 Å². The molecular weight excluding hydrogens is 262 g/mol. The van der Waals surface area contributed by atoms with Gasteiger partial charge in [0.05, 0.1) is 18.3 Å². The molecule has 0 radical (unpaired) electrons. The molecule has 2 saturated carbocycles. The van der Waals surface area contributed by atoms with Crippen LogP contribution in [-0.2, 0) is 9.47 Å². The molecule has 0 aromatic heterocycles. The summed E-state index contributed by atoms with van der Waals surface area (Å²) in [5.74, 6) is 0.772. The van der Waals surface area contributed by atoms with Gasteiger partial charge < -0.3 is 14.8 Å². The van der Waals surface area contributed by atoms with Crippen LogP contribution in [0.2, 0.25) is 0 Å². The standard InChI is InChI=1S/C18H35NO2/c1-4-11-19-15-13-17(18(15)20-12-5-2)21-16-10-8-7-9-14(16)6-3/h14-19H,4-13H2,1-3H3. The molecule has 0 saturated heterocycles. The minimum atomic E-state index is 0.274. The summed E-state index contributed by atoms with van der Waals surface area (Å²) in [4.78, 5) is 0. The fraction of sp³-hybridized carbons (Fsp3) is 1.00. The van der Waals surface area contributed by atoms with E-state index in [1.54, 1.807) is 0 Å². The van der Waals surface area contributed by atoms with E-state index in [2.05, 4.69) is 26.1 Å². The highest BCUT2D eigenvalue weighted by atomic mass is 16.6. The molecule has 3 heteroatoms. The first-order chi connectivity index (χ1) is 10.3. The second kappa shape index (κ2) is 9.12. The Kier molecular flexibility index (Phi) is 7.48. The van der Waals surface area contributed by atoms with E-state index < -0.39 is 0 Å². The predicted octanol–water partition coefficient (Wildman–Crippen LogP) is 3.91. The number of hydrogen-bond donors (Lipinski definition) is 1. The van der Waals surface area contributed by atoms with Crippen molar-refractivity contribution in [2.24, 2.45) is 5.92 Å². The van der Waals surface area contributed by atoms with E-state index >= 15 is 0 Å². The quantitative estimate of drug-likeness (QED) is 0.700. The summed E-state index contributed by atoms with van der Waals surface area (Å²) in [6.45, 7) is 8.65. The number of rotatable bonds is 9. The third-order valence-electron chi connectivity index (χ3n) is 5.13. The lowest BCUT2D eigenvalue weighted by Crippen LogP contribution is -2.61. The lowest BCUT2D eigenvalue weighted by molar-refractivity contribution is -0.182. The number of ether oxygens (including phenoxy) is 2. The van der Waals surface area contributed by atoms with Gasteiger partial charge in [-0.1, -0.05) is 40.0 Å². The van der Waals surface area contributed by atoms with Crippen LogP contribution in [-0.4, -0.2) is 37.5 Å². The van der Waals surface area contributed by atoms with E-state index in [0.29, 0.717) is 18.2 Å². The van der Waals surface area contributed by atoms with Crippen LogP contribution in [0.15, 0.2) is 0 Å². The predicted molar refractivity (Wildman–Crippen MR) is 87.6 cm³/mol. The fourth-order valence-electron chi connectivity index (χ4n) is 3.77. The molecule has 2 fully saturated rings. The highest BCUT2D eigenvalue weighted by Crippen LogP contribution is 2.35. The molecular formula is C18H35NO2. The zero-order valence-corrected chi connectivity index (χ0v) is 14.3. The van der Waals surface area contributed by atoms with Crippen molar-refractivity contribution in [3.05, 3.63) is 0 Å². The van der Waals surface area contributed by atoms with E-state index in [-0.39, 0.29) is 6.10 Å². The Labute approximate surface area is 131 Å². The number of hydrogen-bond acceptors (Lipinski definition) is 3. The van der Waals surface area contributed by atoms with E-state index in [1.165, 1.54) is 38.5 Å². The molecule has 2 rings (SSSR count). The molecule has 0 amide bonds. The van der Waals surface area contributed by atoms with Gasteiger partial charge in [0.1, 0.15) is 0 Å². The normalized spacial score (nSPS) is 36.4. The maximum absolute atomic E-state index is 6.49. The summed E-state index contributed by atoms with van der Waals surface area (Å²) in [7, 11) is 0. The summed E-state index contributed by atoms with van der Waals surface area (Å²) < 4.78 is 12.6. The van der Waals surface area contributed by atoms with Crippen LogP contribution in [0.4, 0.5) is 0 Å². The van der Waals surface area contributed by atoms with Gasteiger partial charge in [-0.25, -0.2) is 0 Å². The first kappa shape index (κ1) is 17.2. The van der Waals surface area contributed by atoms with Crippen LogP contribution < -0.4 is 5.32 Å². The summed E-state index contributed by atoms with van der Waals surface area (Å²) >= 11 is 0. The van der Waals surface area contributed by atoms with Gasteiger partial charge in [-0.05, 0) is 44.6 Å². The number of nitrogens with one attached hydrogen (secondary N) is 1. The molecule has 2 aliphatic rings. The zero-order valence-electron chi connectivity index (χ0n) is 14.3. The monoisotopic (exact) mass is 297 g/mol. The molecule has 0 aliphatic heterocycles. The van der Waals surface area contributed by atoms with Crippen molar-refractivity contribution in [1.29, 1.82) is 0 Å². The van der Waals surface area contributed by atoms with Crippen molar-refractivity contribution in [2.75, 3.05) is 13.2 Å². The van der Waals surface area contributed by atoms with Crippen LogP contribution in [0.25, 0.3) is 0 Å². The topological polar surface area (TPSA) is 30.5 Å². The van der Waals surface area contributed by atoms with Gasteiger partial charge in [0, 0.05) is 12.6 Å². The Bertz CT molecular complexity index is 284. The van der Waals surface area contributed by atoms with Crippen molar-refractivity contribution in [2.45, 2.75) is 96.5 Å². The fourth-order valence-corrected chi connectivity index (χ4v) is 3.77. The van der Waals surface area contributed by atoms with Gasteiger partial charge in [-0.15, -0.1) is 0 Å². The molecule has 0 aromatic rings. The lowest BCUT2D eigenvalue weighted by atomic mass is 9.82. The molecule has 124 valence electrons. The van der Waals surface area contributed by atoms with Crippen molar-refractivity contribution in [1.82, 2.24) is 5.32 Å². The molecule has 21 heavy (non-hydrogen) atoms. The van der Waals surface area contributed by atoms with Gasteiger partial charge >= 0.3 is 0 Å². The van der Waals surface area contributed by atoms with Crippen molar-refractivity contribution in [3.8, 4) is 0 Å². The largest absolute Gasteiger partial charge is 0.374 e. The molecule has 0 heterocycles. The SMILES string of the molecule is CCCNC1CC(OC2CCCCC2CC)C1OCCC. The molecule has 0 aromatic carbocycles. The van der Waals surface area contributed by atoms with Crippen molar-refractivity contribution < 1.29 is 9.47 Å². The molecule has 3 nitrogen and oxygen atoms in total. The molecule has 1 N–H and O–H groups in total. The minimum Gasteiger partial charge on any atom is -0.374 e. The van der Waals surface area contributed by atoms with Crippen LogP contribution in [0.5, 0.6) is 0 Å². The van der Waals surface area contributed by atoms with Crippen molar-refractivity contribution >= 4 is 0 Å². The summed E-state index contributed by atoms with van der Waals surface area (Å²) in [6.07, 6.45) is 11.1. The Hall–Kier alpha value is -0.120. The first-order valence-electron chi connectivity index (χ1n) is 9.30. The lowest BCUT2D eigenvalue weighted by Gasteiger charge is -2.47. The van der Waals surface area contributed by atoms with Gasteiger partial charge in [-0.3, -0.25) is 0 Å². The summed E-state index contributed by atoms with van der Waals surface area (Å²) in [5, 5.41) is 3.62. The Morgan fingerprint density at radius 1 is 1.00 bits per heavy atom. The third kappa shape index (κ3) is 4.67. The van der Waals surface area contributed by atoms with Gasteiger partial charge in [-0.2, -0.15) is 0 Å². The van der Waals surface area contributed by atoms with E-state index in [1.807, 2.05) is 0 Å². The first-order valence-corrected chi connectivity index (χ1v) is 9.30. The second-order valence-electron chi connectivity index (χ2n) is 6.80. The van der Waals surface area contributed by atoms with Crippen molar-refractivity contribution in [3.63, 3.8) is 0 Å². The molecule has 5 atom stereocenters. The van der Waals surface area contributed by atoms with Crippen LogP contribution in [0.1, 0.15) is 72.1 Å². The molecule has 0 bridgehead atoms. The molecule has 0 spiro atoms. The minimum absolute atomic E-state index is 0.274. The van der Waals surface area contributed by atoms with Gasteiger partial charge in [0.15, 0.2) is 0 Å². The van der Waals surface area contributed by atoms with Crippen LogP contribution in [0, 0.1) is 5.92 Å². The maximum Gasteiger partial charge on any atom is 0.0990 e. The average Bonchev–Trinajstić information content (AvgIpc) is 2.50. The van der Waals surface area contributed by atoms with E-state index in [9.17, 15) is 0 Å². The second-order valence-corrected chi connectivity index (χ2v) is 6.80. The molecule has 5 unspecified atom stereocenters. The smallest absolute Gasteiger partial charge is 0.0990 e. The van der Waals surface area contributed by atoms with Gasteiger partial charge in [0.25, 0.3) is 0 Å². The van der Waals surface area contributed by atoms with Gasteiger partial charge in [0.2, 0.25) is 0 Å². The van der Waals surface area contributed by atoms with E-state index in [0.717, 1.165) is 31.9 Å².